The highest BCUT2D eigenvalue weighted by Crippen LogP contribution is 2.20. The Morgan fingerprint density at radius 3 is 1.69 bits per heavy atom. The zero-order chi connectivity index (χ0) is 21.5. The van der Waals surface area contributed by atoms with Crippen molar-refractivity contribution >= 4 is 16.0 Å². The van der Waals surface area contributed by atoms with Crippen molar-refractivity contribution in [2.75, 3.05) is 0 Å². The average Bonchev–Trinajstić information content (AvgIpc) is 2.68. The molecular weight excluding hydrogens is 407 g/mol. The van der Waals surface area contributed by atoms with Crippen molar-refractivity contribution < 1.29 is 35.5 Å². The van der Waals surface area contributed by atoms with E-state index in [0.717, 1.165) is 6.42 Å². The first-order valence-electron chi connectivity index (χ1n) is 8.24. The predicted octanol–water partition coefficient (Wildman–Crippen LogP) is 3.30. The van der Waals surface area contributed by atoms with Gasteiger partial charge in [0.25, 0.3) is 0 Å². The Labute approximate surface area is 165 Å². The molecule has 9 heteroatoms. The summed E-state index contributed by atoms with van der Waals surface area (Å²) in [5.74, 6) is -0.0122. The summed E-state index contributed by atoms with van der Waals surface area (Å²) in [5.41, 5.74) is -2.49. The van der Waals surface area contributed by atoms with Gasteiger partial charge in [-0.25, -0.2) is 13.2 Å². The molecule has 0 fully saturated rings. The fraction of sp³-hybridized carbons (Fsp3) is 0.100. The lowest BCUT2D eigenvalue weighted by atomic mass is 10.1. The van der Waals surface area contributed by atoms with Crippen molar-refractivity contribution in [3.8, 4) is 0 Å². The highest BCUT2D eigenvalue weighted by Gasteiger charge is 2.36. The molecule has 1 aromatic heterocycles. The molecule has 0 amide bonds. The van der Waals surface area contributed by atoms with Gasteiger partial charge in [0.1, 0.15) is 0 Å². The second kappa shape index (κ2) is 9.44. The Hall–Kier alpha value is -3.04. The second-order valence-electron chi connectivity index (χ2n) is 5.85. The van der Waals surface area contributed by atoms with Crippen LogP contribution < -0.4 is 4.57 Å². The van der Waals surface area contributed by atoms with Crippen LogP contribution in [0, 0.1) is 0 Å². The SMILES string of the molecule is O=C(c1ccccc1)[n+]1ccc(Cc2ccccc2)cc1.O=S(=O)([O-])C(F)(F)F. The molecule has 0 aliphatic carbocycles. The number of hydrogen-bond acceptors (Lipinski definition) is 4. The number of nitrogens with zero attached hydrogens (tertiary/aromatic N) is 1. The Bertz CT molecular complexity index is 1040. The Balaban J connectivity index is 0.000000321. The molecule has 2 aromatic carbocycles. The molecule has 3 aromatic rings. The van der Waals surface area contributed by atoms with Crippen molar-refractivity contribution in [2.45, 2.75) is 11.9 Å². The van der Waals surface area contributed by atoms with Gasteiger partial charge in [-0.05, 0) is 29.7 Å². The molecule has 0 N–H and O–H groups in total. The van der Waals surface area contributed by atoms with Gasteiger partial charge < -0.3 is 4.55 Å². The van der Waals surface area contributed by atoms with Crippen LogP contribution in [0.1, 0.15) is 21.5 Å². The smallest absolute Gasteiger partial charge is 0.485 e. The van der Waals surface area contributed by atoms with E-state index < -0.39 is 15.6 Å². The third kappa shape index (κ3) is 6.81. The summed E-state index contributed by atoms with van der Waals surface area (Å²) in [6, 6.07) is 23.6. The standard InChI is InChI=1S/C19H16NO.CHF3O3S/c21-19(18-9-5-2-6-10-18)20-13-11-17(12-14-20)15-16-7-3-1-4-8-16;2-1(3,4)8(5,6)7/h1-14H,15H2;(H,5,6,7)/q+1;/p-1. The van der Waals surface area contributed by atoms with Crippen molar-refractivity contribution in [3.63, 3.8) is 0 Å². The number of aromatic nitrogens is 1. The highest BCUT2D eigenvalue weighted by atomic mass is 32.2. The van der Waals surface area contributed by atoms with Crippen LogP contribution in [0.15, 0.2) is 85.2 Å². The molecule has 0 saturated heterocycles. The topological polar surface area (TPSA) is 78.1 Å². The molecule has 1 heterocycles. The van der Waals surface area contributed by atoms with Crippen LogP contribution >= 0.6 is 0 Å². The molecule has 0 unspecified atom stereocenters. The molecule has 0 atom stereocenters. The number of carbonyl (C=O) groups is 1. The number of halogens is 3. The van der Waals surface area contributed by atoms with Gasteiger partial charge in [0.05, 0.1) is 5.56 Å². The lowest BCUT2D eigenvalue weighted by molar-refractivity contribution is -0.570. The number of carbonyl (C=O) groups excluding carboxylic acids is 1. The van der Waals surface area contributed by atoms with Crippen LogP contribution in [0.4, 0.5) is 13.2 Å². The van der Waals surface area contributed by atoms with E-state index in [1.807, 2.05) is 73.1 Å². The minimum atomic E-state index is -6.09. The molecule has 0 saturated carbocycles. The van der Waals surface area contributed by atoms with E-state index in [1.54, 1.807) is 4.57 Å². The van der Waals surface area contributed by atoms with Gasteiger partial charge in [0.15, 0.2) is 22.5 Å². The fourth-order valence-electron chi connectivity index (χ4n) is 2.27. The molecule has 0 aliphatic heterocycles. The van der Waals surface area contributed by atoms with Crippen molar-refractivity contribution in [2.24, 2.45) is 0 Å². The lowest BCUT2D eigenvalue weighted by Gasteiger charge is -2.08. The minimum Gasteiger partial charge on any atom is -0.741 e. The van der Waals surface area contributed by atoms with Gasteiger partial charge in [-0.1, -0.05) is 48.5 Å². The van der Waals surface area contributed by atoms with Crippen molar-refractivity contribution in [1.82, 2.24) is 0 Å². The Morgan fingerprint density at radius 1 is 0.828 bits per heavy atom. The van der Waals surface area contributed by atoms with Crippen molar-refractivity contribution in [3.05, 3.63) is 102 Å². The first-order valence-corrected chi connectivity index (χ1v) is 9.65. The van der Waals surface area contributed by atoms with Crippen LogP contribution in [-0.2, 0) is 16.5 Å². The van der Waals surface area contributed by atoms with Crippen LogP contribution in [0.25, 0.3) is 0 Å². The van der Waals surface area contributed by atoms with E-state index in [-0.39, 0.29) is 5.91 Å². The summed E-state index contributed by atoms with van der Waals surface area (Å²) in [5, 5.41) is 0. The number of benzene rings is 2. The summed E-state index contributed by atoms with van der Waals surface area (Å²) in [6.07, 6.45) is 4.53. The predicted molar refractivity (Wildman–Crippen MR) is 97.8 cm³/mol. The molecule has 5 nitrogen and oxygen atoms in total. The van der Waals surface area contributed by atoms with Crippen LogP contribution in [0.3, 0.4) is 0 Å². The second-order valence-corrected chi connectivity index (χ2v) is 7.22. The molecular formula is C20H16F3NO4S. The average molecular weight is 423 g/mol. The first kappa shape index (κ1) is 22.3. The summed E-state index contributed by atoms with van der Waals surface area (Å²) in [6.45, 7) is 0. The van der Waals surface area contributed by atoms with Gasteiger partial charge >= 0.3 is 11.4 Å². The summed E-state index contributed by atoms with van der Waals surface area (Å²) in [4.78, 5) is 12.3. The number of pyridine rings is 1. The quantitative estimate of drug-likeness (QED) is 0.368. The molecule has 0 aliphatic rings. The van der Waals surface area contributed by atoms with Gasteiger partial charge in [0.2, 0.25) is 0 Å². The van der Waals surface area contributed by atoms with Gasteiger partial charge in [0, 0.05) is 12.1 Å². The highest BCUT2D eigenvalue weighted by molar-refractivity contribution is 7.86. The van der Waals surface area contributed by atoms with E-state index in [9.17, 15) is 18.0 Å². The van der Waals surface area contributed by atoms with Crippen molar-refractivity contribution in [1.29, 1.82) is 0 Å². The molecule has 0 radical (unpaired) electrons. The fourth-order valence-corrected chi connectivity index (χ4v) is 2.27. The molecule has 152 valence electrons. The summed E-state index contributed by atoms with van der Waals surface area (Å²) >= 11 is 0. The lowest BCUT2D eigenvalue weighted by Crippen LogP contribution is -2.42. The molecule has 0 spiro atoms. The third-order valence-corrected chi connectivity index (χ3v) is 4.26. The normalized spacial score (nSPS) is 11.3. The number of alkyl halides is 3. The van der Waals surface area contributed by atoms with Crippen LogP contribution in [0.2, 0.25) is 0 Å². The van der Waals surface area contributed by atoms with E-state index in [2.05, 4.69) is 12.1 Å². The van der Waals surface area contributed by atoms with E-state index in [0.29, 0.717) is 5.56 Å². The zero-order valence-corrected chi connectivity index (χ0v) is 15.7. The Kier molecular flexibility index (Phi) is 7.24. The summed E-state index contributed by atoms with van der Waals surface area (Å²) in [7, 11) is -6.09. The molecule has 0 bridgehead atoms. The molecule has 29 heavy (non-hydrogen) atoms. The van der Waals surface area contributed by atoms with Crippen LogP contribution in [0.5, 0.6) is 0 Å². The largest absolute Gasteiger partial charge is 0.741 e. The van der Waals surface area contributed by atoms with Gasteiger partial charge in [-0.3, -0.25) is 0 Å². The number of rotatable bonds is 3. The monoisotopic (exact) mass is 423 g/mol. The van der Waals surface area contributed by atoms with E-state index in [4.69, 9.17) is 13.0 Å². The summed E-state index contributed by atoms with van der Waals surface area (Å²) < 4.78 is 60.5. The van der Waals surface area contributed by atoms with Gasteiger partial charge in [-0.2, -0.15) is 13.2 Å². The number of hydrogen-bond donors (Lipinski definition) is 0. The maximum Gasteiger partial charge on any atom is 0.485 e. The first-order chi connectivity index (χ1) is 13.6. The Morgan fingerprint density at radius 2 is 1.24 bits per heavy atom. The zero-order valence-electron chi connectivity index (χ0n) is 14.9. The van der Waals surface area contributed by atoms with E-state index >= 15 is 0 Å². The van der Waals surface area contributed by atoms with Crippen LogP contribution in [-0.4, -0.2) is 24.4 Å². The maximum atomic E-state index is 12.3. The third-order valence-electron chi connectivity index (χ3n) is 3.69. The minimum absolute atomic E-state index is 0.0122. The van der Waals surface area contributed by atoms with Gasteiger partial charge in [-0.15, -0.1) is 4.57 Å². The van der Waals surface area contributed by atoms with E-state index in [1.165, 1.54) is 11.1 Å². The maximum absolute atomic E-state index is 12.3. The molecule has 3 rings (SSSR count).